The minimum atomic E-state index is -0.349. The van der Waals surface area contributed by atoms with Gasteiger partial charge in [0.05, 0.1) is 11.2 Å². The Bertz CT molecular complexity index is 900. The molecule has 6 heteroatoms. The van der Waals surface area contributed by atoms with Gasteiger partial charge in [-0.25, -0.2) is 9.67 Å². The molecule has 21 heavy (non-hydrogen) atoms. The molecule has 0 spiro atoms. The van der Waals surface area contributed by atoms with Gasteiger partial charge in [0.15, 0.2) is 5.82 Å². The van der Waals surface area contributed by atoms with Crippen molar-refractivity contribution in [3.05, 3.63) is 56.8 Å². The van der Waals surface area contributed by atoms with E-state index in [4.69, 9.17) is 17.3 Å². The molecule has 0 aliphatic carbocycles. The summed E-state index contributed by atoms with van der Waals surface area (Å²) in [5.41, 5.74) is 8.87. The van der Waals surface area contributed by atoms with E-state index in [1.54, 1.807) is 16.8 Å². The first-order chi connectivity index (χ1) is 9.97. The first-order valence-corrected chi connectivity index (χ1v) is 6.78. The summed E-state index contributed by atoms with van der Waals surface area (Å²) in [7, 11) is 0. The van der Waals surface area contributed by atoms with Crippen LogP contribution in [0.5, 0.6) is 0 Å². The molecule has 0 amide bonds. The zero-order valence-corrected chi connectivity index (χ0v) is 12.3. The molecule has 5 nitrogen and oxygen atoms in total. The van der Waals surface area contributed by atoms with E-state index in [9.17, 15) is 4.79 Å². The molecule has 3 aromatic rings. The second-order valence-corrected chi connectivity index (χ2v) is 5.30. The van der Waals surface area contributed by atoms with Crippen molar-refractivity contribution in [2.24, 2.45) is 0 Å². The smallest absolute Gasteiger partial charge is 0.250 e. The number of nitrogens with zero attached hydrogens (tertiary/aromatic N) is 3. The van der Waals surface area contributed by atoms with Crippen molar-refractivity contribution in [1.82, 2.24) is 14.8 Å². The number of fused-ring (bicyclic) bond motifs is 1. The molecule has 106 valence electrons. The van der Waals surface area contributed by atoms with Gasteiger partial charge in [0, 0.05) is 10.7 Å². The lowest BCUT2D eigenvalue weighted by Gasteiger charge is -2.12. The Morgan fingerprint density at radius 1 is 1.19 bits per heavy atom. The molecular weight excluding hydrogens is 288 g/mol. The molecular formula is C15H13ClN4O. The van der Waals surface area contributed by atoms with Crippen LogP contribution < -0.4 is 11.2 Å². The van der Waals surface area contributed by atoms with Crippen molar-refractivity contribution in [3.8, 4) is 5.69 Å². The maximum Gasteiger partial charge on any atom is 0.250 e. The van der Waals surface area contributed by atoms with Gasteiger partial charge >= 0.3 is 0 Å². The van der Waals surface area contributed by atoms with Crippen molar-refractivity contribution >= 4 is 28.5 Å². The van der Waals surface area contributed by atoms with Gasteiger partial charge in [-0.15, -0.1) is 5.10 Å². The monoisotopic (exact) mass is 300 g/mol. The van der Waals surface area contributed by atoms with Gasteiger partial charge in [-0.1, -0.05) is 11.6 Å². The molecule has 0 radical (unpaired) electrons. The lowest BCUT2D eigenvalue weighted by atomic mass is 10.2. The number of rotatable bonds is 1. The normalized spacial score (nSPS) is 11.0. The molecule has 1 aromatic carbocycles. The number of nitrogens with two attached hydrogens (primary N) is 1. The lowest BCUT2D eigenvalue weighted by molar-refractivity contribution is 0.882. The summed E-state index contributed by atoms with van der Waals surface area (Å²) in [5, 5.41) is 4.80. The number of pyridine rings is 1. The molecule has 0 saturated heterocycles. The van der Waals surface area contributed by atoms with Crippen LogP contribution in [-0.2, 0) is 0 Å². The minimum absolute atomic E-state index is 0.0757. The Kier molecular flexibility index (Phi) is 3.14. The maximum absolute atomic E-state index is 12.1. The van der Waals surface area contributed by atoms with E-state index in [2.05, 4.69) is 10.1 Å². The van der Waals surface area contributed by atoms with Crippen LogP contribution in [-0.4, -0.2) is 14.8 Å². The predicted molar refractivity (Wildman–Crippen MR) is 84.0 cm³/mol. The molecule has 0 bridgehead atoms. The lowest BCUT2D eigenvalue weighted by Crippen LogP contribution is -2.18. The number of halogens is 1. The van der Waals surface area contributed by atoms with E-state index in [-0.39, 0.29) is 11.2 Å². The van der Waals surface area contributed by atoms with Gasteiger partial charge in [0.25, 0.3) is 0 Å². The van der Waals surface area contributed by atoms with Crippen molar-refractivity contribution < 1.29 is 0 Å². The molecule has 0 aliphatic rings. The minimum Gasteiger partial charge on any atom is -0.379 e. The number of aromatic nitrogens is 3. The Balaban J connectivity index is 2.42. The van der Waals surface area contributed by atoms with Gasteiger partial charge in [-0.2, -0.15) is 0 Å². The van der Waals surface area contributed by atoms with Crippen molar-refractivity contribution in [3.63, 3.8) is 0 Å². The molecule has 2 heterocycles. The van der Waals surface area contributed by atoms with Crippen LogP contribution in [0.2, 0.25) is 5.02 Å². The molecule has 0 unspecified atom stereocenters. The SMILES string of the molecule is Cc1cc2c(nc1C)c(=O)c(N)nn2-c1ccc(Cl)cc1. The van der Waals surface area contributed by atoms with Gasteiger partial charge < -0.3 is 5.73 Å². The van der Waals surface area contributed by atoms with Crippen LogP contribution in [0.4, 0.5) is 5.82 Å². The summed E-state index contributed by atoms with van der Waals surface area (Å²) < 4.78 is 1.61. The summed E-state index contributed by atoms with van der Waals surface area (Å²) in [5.74, 6) is -0.0757. The molecule has 3 rings (SSSR count). The van der Waals surface area contributed by atoms with Crippen LogP contribution in [0.15, 0.2) is 35.1 Å². The fourth-order valence-corrected chi connectivity index (χ4v) is 2.25. The van der Waals surface area contributed by atoms with Crippen molar-refractivity contribution in [2.45, 2.75) is 13.8 Å². The average molecular weight is 301 g/mol. The number of nitrogen functional groups attached to an aromatic ring is 1. The van der Waals surface area contributed by atoms with E-state index in [1.807, 2.05) is 32.0 Å². The standard InChI is InChI=1S/C15H13ClN4O/c1-8-7-12-13(18-9(8)2)14(21)15(17)19-20(12)11-5-3-10(16)4-6-11/h3-7H,1-2H3,(H2,17,19). The third-order valence-corrected chi connectivity index (χ3v) is 3.65. The number of anilines is 1. The fraction of sp³-hybridized carbons (Fsp3) is 0.133. The highest BCUT2D eigenvalue weighted by Crippen LogP contribution is 2.19. The quantitative estimate of drug-likeness (QED) is 0.750. The molecule has 0 saturated carbocycles. The highest BCUT2D eigenvalue weighted by molar-refractivity contribution is 6.30. The topological polar surface area (TPSA) is 73.8 Å². The summed E-state index contributed by atoms with van der Waals surface area (Å²) >= 11 is 5.90. The Morgan fingerprint density at radius 3 is 2.52 bits per heavy atom. The van der Waals surface area contributed by atoms with Gasteiger partial charge in [0.1, 0.15) is 5.52 Å². The van der Waals surface area contributed by atoms with E-state index in [0.717, 1.165) is 16.9 Å². The number of hydrogen-bond donors (Lipinski definition) is 1. The molecule has 2 N–H and O–H groups in total. The Hall–Kier alpha value is -2.40. The third kappa shape index (κ3) is 2.25. The van der Waals surface area contributed by atoms with Gasteiger partial charge in [0.2, 0.25) is 5.43 Å². The summed E-state index contributed by atoms with van der Waals surface area (Å²) in [4.78, 5) is 16.5. The van der Waals surface area contributed by atoms with Gasteiger partial charge in [-0.05, 0) is 49.7 Å². The molecule has 0 atom stereocenters. The van der Waals surface area contributed by atoms with Gasteiger partial charge in [-0.3, -0.25) is 4.79 Å². The van der Waals surface area contributed by atoms with Crippen LogP contribution >= 0.6 is 11.6 Å². The molecule has 2 aromatic heterocycles. The first kappa shape index (κ1) is 13.6. The highest BCUT2D eigenvalue weighted by Gasteiger charge is 2.12. The second kappa shape index (κ2) is 4.86. The van der Waals surface area contributed by atoms with Crippen LogP contribution in [0, 0.1) is 13.8 Å². The van der Waals surface area contributed by atoms with Crippen LogP contribution in [0.25, 0.3) is 16.7 Å². The predicted octanol–water partition coefficient (Wildman–Crippen LogP) is 2.63. The Morgan fingerprint density at radius 2 is 1.86 bits per heavy atom. The van der Waals surface area contributed by atoms with E-state index in [1.165, 1.54) is 0 Å². The average Bonchev–Trinajstić information content (AvgIpc) is 2.46. The second-order valence-electron chi connectivity index (χ2n) is 4.86. The zero-order chi connectivity index (χ0) is 15.1. The summed E-state index contributed by atoms with van der Waals surface area (Å²) in [6, 6.07) is 9.03. The van der Waals surface area contributed by atoms with Crippen LogP contribution in [0.3, 0.4) is 0 Å². The Labute approximate surface area is 126 Å². The van der Waals surface area contributed by atoms with E-state index in [0.29, 0.717) is 16.1 Å². The zero-order valence-electron chi connectivity index (χ0n) is 11.6. The highest BCUT2D eigenvalue weighted by atomic mass is 35.5. The third-order valence-electron chi connectivity index (χ3n) is 3.40. The molecule has 0 aliphatic heterocycles. The van der Waals surface area contributed by atoms with Crippen molar-refractivity contribution in [1.29, 1.82) is 0 Å². The van der Waals surface area contributed by atoms with Crippen molar-refractivity contribution in [2.75, 3.05) is 5.73 Å². The first-order valence-electron chi connectivity index (χ1n) is 6.40. The molecule has 0 fully saturated rings. The fourth-order valence-electron chi connectivity index (χ4n) is 2.13. The largest absolute Gasteiger partial charge is 0.379 e. The summed E-state index contributed by atoms with van der Waals surface area (Å²) in [6.45, 7) is 3.80. The number of hydrogen-bond acceptors (Lipinski definition) is 4. The van der Waals surface area contributed by atoms with E-state index >= 15 is 0 Å². The number of benzene rings is 1. The van der Waals surface area contributed by atoms with Crippen LogP contribution in [0.1, 0.15) is 11.3 Å². The van der Waals surface area contributed by atoms with E-state index < -0.39 is 0 Å². The summed E-state index contributed by atoms with van der Waals surface area (Å²) in [6.07, 6.45) is 0. The maximum atomic E-state index is 12.1. The number of aryl methyl sites for hydroxylation is 2.